The van der Waals surface area contributed by atoms with Gasteiger partial charge in [-0.3, -0.25) is 0 Å². The second-order valence-electron chi connectivity index (χ2n) is 16.4. The maximum Gasteiger partial charge on any atom is 0.335 e. The van der Waals surface area contributed by atoms with Crippen molar-refractivity contribution in [3.63, 3.8) is 0 Å². The van der Waals surface area contributed by atoms with Gasteiger partial charge in [0.05, 0.1) is 5.56 Å². The predicted octanol–water partition coefficient (Wildman–Crippen LogP) is 7.60. The minimum atomic E-state index is -0.861. The molecular formula is C38H55N3O3. The highest BCUT2D eigenvalue weighted by Crippen LogP contribution is 2.75. The Labute approximate surface area is 264 Å². The number of carbonyl (C=O) groups is 2. The number of aromatic carboxylic acids is 1. The Hall–Kier alpha value is -2.34. The lowest BCUT2D eigenvalue weighted by atomic mass is 9.34. The van der Waals surface area contributed by atoms with E-state index in [4.69, 9.17) is 0 Å². The minimum absolute atomic E-state index is 0.0154. The van der Waals surface area contributed by atoms with Crippen LogP contribution in [0.25, 0.3) is 5.57 Å². The fraction of sp³-hybridized carbons (Fsp3) is 0.737. The van der Waals surface area contributed by atoms with E-state index in [1.54, 1.807) is 12.1 Å². The molecule has 240 valence electrons. The summed E-state index contributed by atoms with van der Waals surface area (Å²) in [6.07, 6.45) is 15.9. The third-order valence-electron chi connectivity index (χ3n) is 15.0. The first-order valence-electron chi connectivity index (χ1n) is 17.8. The van der Waals surface area contributed by atoms with Gasteiger partial charge in [-0.2, -0.15) is 0 Å². The number of nitrogens with one attached hydrogen (secondary N) is 2. The molecule has 1 heterocycles. The van der Waals surface area contributed by atoms with Crippen LogP contribution in [0, 0.1) is 45.8 Å². The van der Waals surface area contributed by atoms with E-state index in [-0.39, 0.29) is 17.0 Å². The molecule has 1 aromatic rings. The molecule has 44 heavy (non-hydrogen) atoms. The van der Waals surface area contributed by atoms with Gasteiger partial charge in [0.15, 0.2) is 0 Å². The number of carbonyl (C=O) groups excluding carboxylic acids is 1. The molecule has 1 saturated heterocycles. The zero-order chi connectivity index (χ0) is 30.9. The number of allylic oxidation sites excluding steroid dienone is 2. The number of fused-ring (bicyclic) bond motifs is 7. The maximum absolute atomic E-state index is 13.6. The van der Waals surface area contributed by atoms with Crippen LogP contribution in [0.4, 0.5) is 4.79 Å². The van der Waals surface area contributed by atoms with Crippen LogP contribution in [-0.2, 0) is 0 Å². The van der Waals surface area contributed by atoms with E-state index < -0.39 is 5.97 Å². The van der Waals surface area contributed by atoms with Crippen LogP contribution >= 0.6 is 0 Å². The van der Waals surface area contributed by atoms with Crippen LogP contribution in [0.15, 0.2) is 30.3 Å². The van der Waals surface area contributed by atoms with Crippen molar-refractivity contribution in [1.29, 1.82) is 0 Å². The van der Waals surface area contributed by atoms with Gasteiger partial charge in [0.2, 0.25) is 0 Å². The van der Waals surface area contributed by atoms with Crippen molar-refractivity contribution in [2.75, 3.05) is 26.2 Å². The van der Waals surface area contributed by atoms with Gasteiger partial charge < -0.3 is 20.6 Å². The molecule has 1 aromatic carbocycles. The zero-order valence-electron chi connectivity index (χ0n) is 27.6. The van der Waals surface area contributed by atoms with Gasteiger partial charge in [0.25, 0.3) is 0 Å². The summed E-state index contributed by atoms with van der Waals surface area (Å²) in [5.74, 6) is 2.25. The zero-order valence-corrected chi connectivity index (χ0v) is 27.6. The molecule has 0 aromatic heterocycles. The Morgan fingerprint density at radius 1 is 0.864 bits per heavy atom. The van der Waals surface area contributed by atoms with Gasteiger partial charge in [-0.15, -0.1) is 0 Å². The molecule has 6 aliphatic rings. The van der Waals surface area contributed by atoms with Crippen molar-refractivity contribution >= 4 is 17.6 Å². The van der Waals surface area contributed by atoms with E-state index in [1.807, 2.05) is 12.1 Å². The molecule has 5 fully saturated rings. The Morgan fingerprint density at radius 2 is 1.66 bits per heavy atom. The number of carboxylic acid groups (broad SMARTS) is 1. The number of nitrogens with zero attached hydrogens (tertiary/aromatic N) is 1. The third kappa shape index (κ3) is 4.43. The average molecular weight is 602 g/mol. The summed E-state index contributed by atoms with van der Waals surface area (Å²) in [6, 6.07) is 7.75. The van der Waals surface area contributed by atoms with E-state index in [2.05, 4.69) is 49.3 Å². The Balaban J connectivity index is 1.13. The van der Waals surface area contributed by atoms with Gasteiger partial charge in [0, 0.05) is 25.2 Å². The summed E-state index contributed by atoms with van der Waals surface area (Å²) >= 11 is 0. The van der Waals surface area contributed by atoms with Crippen LogP contribution in [-0.4, -0.2) is 53.7 Å². The van der Waals surface area contributed by atoms with Gasteiger partial charge in [-0.1, -0.05) is 52.3 Å². The summed E-state index contributed by atoms with van der Waals surface area (Å²) in [4.78, 5) is 27.2. The fourth-order valence-corrected chi connectivity index (χ4v) is 12.6. The SMILES string of the molecule is CC1C(c2ccc(C(=O)O)cc2)=CCC2(C)C1CC[C@]1(C)C2CCC2C3CCCC3(NC(=O)N3CCCNCC3)CC[C@]21C. The molecule has 3 N–H and O–H groups in total. The average Bonchev–Trinajstić information content (AvgIpc) is 3.22. The first-order valence-corrected chi connectivity index (χ1v) is 17.8. The highest BCUT2D eigenvalue weighted by atomic mass is 16.4. The molecule has 1 aliphatic heterocycles. The van der Waals surface area contributed by atoms with Crippen LogP contribution in [0.5, 0.6) is 0 Å². The molecular weight excluding hydrogens is 546 g/mol. The normalized spacial score (nSPS) is 43.4. The van der Waals surface area contributed by atoms with Crippen LogP contribution in [0.1, 0.15) is 114 Å². The topological polar surface area (TPSA) is 81.7 Å². The number of hydrogen-bond donors (Lipinski definition) is 3. The van der Waals surface area contributed by atoms with Crippen LogP contribution in [0.3, 0.4) is 0 Å². The smallest absolute Gasteiger partial charge is 0.335 e. The van der Waals surface area contributed by atoms with Gasteiger partial charge in [-0.25, -0.2) is 9.59 Å². The Morgan fingerprint density at radius 3 is 2.43 bits per heavy atom. The molecule has 9 atom stereocenters. The fourth-order valence-electron chi connectivity index (χ4n) is 12.6. The molecule has 6 heteroatoms. The number of rotatable bonds is 3. The highest BCUT2D eigenvalue weighted by molar-refractivity contribution is 5.88. The minimum Gasteiger partial charge on any atom is -0.478 e. The van der Waals surface area contributed by atoms with E-state index in [0.29, 0.717) is 46.0 Å². The molecule has 7 rings (SSSR count). The molecule has 5 aliphatic carbocycles. The molecule has 2 amide bonds. The van der Waals surface area contributed by atoms with Gasteiger partial charge >= 0.3 is 12.0 Å². The van der Waals surface area contributed by atoms with Crippen molar-refractivity contribution in [2.45, 2.75) is 104 Å². The van der Waals surface area contributed by atoms with Crippen molar-refractivity contribution in [1.82, 2.24) is 15.5 Å². The molecule has 0 radical (unpaired) electrons. The first kappa shape index (κ1) is 30.3. The Bertz CT molecular complexity index is 1320. The van der Waals surface area contributed by atoms with Crippen LogP contribution < -0.4 is 10.6 Å². The quantitative estimate of drug-likeness (QED) is 0.333. The molecule has 0 bridgehead atoms. The van der Waals surface area contributed by atoms with E-state index in [0.717, 1.165) is 51.9 Å². The Kier molecular flexibility index (Phi) is 7.50. The monoisotopic (exact) mass is 601 g/mol. The van der Waals surface area contributed by atoms with Gasteiger partial charge in [-0.05, 0) is 140 Å². The highest BCUT2D eigenvalue weighted by Gasteiger charge is 2.68. The van der Waals surface area contributed by atoms with Crippen molar-refractivity contribution in [3.05, 3.63) is 41.5 Å². The van der Waals surface area contributed by atoms with E-state index >= 15 is 0 Å². The summed E-state index contributed by atoms with van der Waals surface area (Å²) in [5.41, 5.74) is 3.85. The first-order chi connectivity index (χ1) is 21.0. The van der Waals surface area contributed by atoms with Crippen molar-refractivity contribution in [2.24, 2.45) is 45.8 Å². The second-order valence-corrected chi connectivity index (χ2v) is 16.4. The lowest BCUT2D eigenvalue weighted by molar-refractivity contribution is -0.210. The number of hydrogen-bond acceptors (Lipinski definition) is 3. The lowest BCUT2D eigenvalue weighted by Crippen LogP contribution is -2.67. The summed E-state index contributed by atoms with van der Waals surface area (Å²) < 4.78 is 0. The summed E-state index contributed by atoms with van der Waals surface area (Å²) in [5, 5.41) is 16.6. The third-order valence-corrected chi connectivity index (χ3v) is 15.0. The lowest BCUT2D eigenvalue weighted by Gasteiger charge is -2.71. The number of benzene rings is 1. The molecule has 7 unspecified atom stereocenters. The van der Waals surface area contributed by atoms with Crippen molar-refractivity contribution < 1.29 is 14.7 Å². The largest absolute Gasteiger partial charge is 0.478 e. The van der Waals surface area contributed by atoms with E-state index in [9.17, 15) is 14.7 Å². The standard InChI is InChI=1S/C38H55N3O3/c1-25-28(26-8-10-27(11-9-26)33(42)43)14-17-35(2)29(25)15-18-37(4)32(35)13-12-30-31-7-5-16-38(31,20-19-36(30,37)3)40-34(44)41-23-6-21-39-22-24-41/h8-11,14,25,29-32,39H,5-7,12-13,15-24H2,1-4H3,(H,40,44)(H,42,43)/t25?,29?,30?,31?,32?,35?,36-,37-,38?/m1/s1. The molecule has 0 spiro atoms. The number of carboxylic acids is 1. The maximum atomic E-state index is 13.6. The molecule has 6 nitrogen and oxygen atoms in total. The van der Waals surface area contributed by atoms with Crippen LogP contribution in [0.2, 0.25) is 0 Å². The predicted molar refractivity (Wildman–Crippen MR) is 175 cm³/mol. The second kappa shape index (κ2) is 10.9. The summed E-state index contributed by atoms with van der Waals surface area (Å²) in [6.45, 7) is 14.0. The van der Waals surface area contributed by atoms with Gasteiger partial charge in [0.1, 0.15) is 0 Å². The molecule has 4 saturated carbocycles. The van der Waals surface area contributed by atoms with E-state index in [1.165, 1.54) is 56.1 Å². The number of urea groups is 1. The summed E-state index contributed by atoms with van der Waals surface area (Å²) in [7, 11) is 0. The van der Waals surface area contributed by atoms with Crippen molar-refractivity contribution in [3.8, 4) is 0 Å². The number of amides is 2.